The summed E-state index contributed by atoms with van der Waals surface area (Å²) in [5.41, 5.74) is 5.04. The van der Waals surface area contributed by atoms with Gasteiger partial charge in [-0.3, -0.25) is 30.6 Å². The Kier molecular flexibility index (Phi) is 5.91. The summed E-state index contributed by atoms with van der Waals surface area (Å²) >= 11 is 5.95. The Labute approximate surface area is 147 Å². The van der Waals surface area contributed by atoms with Crippen LogP contribution in [-0.2, 0) is 4.79 Å². The lowest BCUT2D eigenvalue weighted by Gasteiger charge is -2.10. The van der Waals surface area contributed by atoms with Crippen molar-refractivity contribution in [2.75, 3.05) is 6.61 Å². The Morgan fingerprint density at radius 2 is 1.96 bits per heavy atom. The summed E-state index contributed by atoms with van der Waals surface area (Å²) in [4.78, 5) is 33.7. The van der Waals surface area contributed by atoms with Crippen LogP contribution in [0, 0.1) is 17.0 Å². The van der Waals surface area contributed by atoms with Crippen molar-refractivity contribution in [2.45, 2.75) is 6.92 Å². The average Bonchev–Trinajstić information content (AvgIpc) is 2.60. The molecule has 0 fully saturated rings. The first-order chi connectivity index (χ1) is 11.9. The third-order valence-electron chi connectivity index (χ3n) is 3.08. The van der Waals surface area contributed by atoms with Gasteiger partial charge in [0.25, 0.3) is 17.5 Å². The molecule has 25 heavy (non-hydrogen) atoms. The van der Waals surface area contributed by atoms with Crippen LogP contribution in [0.1, 0.15) is 15.9 Å². The van der Waals surface area contributed by atoms with Gasteiger partial charge < -0.3 is 4.74 Å². The molecule has 0 saturated carbocycles. The van der Waals surface area contributed by atoms with Crippen molar-refractivity contribution < 1.29 is 19.2 Å². The van der Waals surface area contributed by atoms with Crippen LogP contribution in [0.15, 0.2) is 42.5 Å². The lowest BCUT2D eigenvalue weighted by atomic mass is 10.2. The van der Waals surface area contributed by atoms with E-state index >= 15 is 0 Å². The quantitative estimate of drug-likeness (QED) is 0.626. The van der Waals surface area contributed by atoms with Crippen LogP contribution in [0.2, 0.25) is 5.02 Å². The van der Waals surface area contributed by atoms with E-state index in [0.29, 0.717) is 10.8 Å². The molecule has 0 atom stereocenters. The highest BCUT2D eigenvalue weighted by atomic mass is 35.5. The topological polar surface area (TPSA) is 111 Å². The maximum absolute atomic E-state index is 11.9. The van der Waals surface area contributed by atoms with Crippen LogP contribution < -0.4 is 15.6 Å². The smallest absolute Gasteiger partial charge is 0.276 e. The predicted molar refractivity (Wildman–Crippen MR) is 90.4 cm³/mol. The third kappa shape index (κ3) is 5.18. The maximum atomic E-state index is 11.9. The van der Waals surface area contributed by atoms with Gasteiger partial charge in [-0.25, -0.2) is 0 Å². The van der Waals surface area contributed by atoms with Gasteiger partial charge in [-0.15, -0.1) is 0 Å². The summed E-state index contributed by atoms with van der Waals surface area (Å²) in [5.74, 6) is -0.955. The van der Waals surface area contributed by atoms with Gasteiger partial charge in [-0.05, 0) is 30.7 Å². The molecule has 9 heteroatoms. The molecule has 2 amide bonds. The first kappa shape index (κ1) is 18.2. The number of nitro groups is 1. The Hall–Kier alpha value is -3.13. The molecule has 0 bridgehead atoms. The molecular weight excluding hydrogens is 350 g/mol. The molecule has 2 aromatic carbocycles. The second-order valence-corrected chi connectivity index (χ2v) is 5.44. The van der Waals surface area contributed by atoms with Crippen molar-refractivity contribution in [3.05, 3.63) is 68.7 Å². The Morgan fingerprint density at radius 1 is 1.20 bits per heavy atom. The highest BCUT2D eigenvalue weighted by Gasteiger charge is 2.12. The van der Waals surface area contributed by atoms with Gasteiger partial charge in [0.05, 0.1) is 9.95 Å². The minimum absolute atomic E-state index is 0.0390. The van der Waals surface area contributed by atoms with Gasteiger partial charge in [0.1, 0.15) is 5.75 Å². The number of benzene rings is 2. The lowest BCUT2D eigenvalue weighted by molar-refractivity contribution is -0.384. The summed E-state index contributed by atoms with van der Waals surface area (Å²) in [6.45, 7) is 1.49. The normalized spacial score (nSPS) is 10.0. The van der Waals surface area contributed by atoms with Crippen LogP contribution >= 0.6 is 11.6 Å². The van der Waals surface area contributed by atoms with E-state index in [4.69, 9.17) is 16.3 Å². The van der Waals surface area contributed by atoms with E-state index in [1.54, 1.807) is 18.2 Å². The number of hydrogen-bond acceptors (Lipinski definition) is 5. The predicted octanol–water partition coefficient (Wildman–Crippen LogP) is 2.40. The average molecular weight is 364 g/mol. The summed E-state index contributed by atoms with van der Waals surface area (Å²) in [6, 6.07) is 10.2. The first-order valence-corrected chi connectivity index (χ1v) is 7.47. The van der Waals surface area contributed by atoms with Crippen molar-refractivity contribution in [1.29, 1.82) is 0 Å². The number of non-ortho nitro benzene ring substituents is 1. The molecule has 0 heterocycles. The summed E-state index contributed by atoms with van der Waals surface area (Å²) in [7, 11) is 0. The second kappa shape index (κ2) is 8.11. The van der Waals surface area contributed by atoms with Crippen LogP contribution in [-0.4, -0.2) is 23.3 Å². The number of amides is 2. The van der Waals surface area contributed by atoms with E-state index in [-0.39, 0.29) is 17.9 Å². The molecule has 0 aliphatic heterocycles. The molecule has 0 unspecified atom stereocenters. The summed E-state index contributed by atoms with van der Waals surface area (Å²) in [6.07, 6.45) is 0. The first-order valence-electron chi connectivity index (χ1n) is 7.09. The number of nitro benzene ring substituents is 1. The van der Waals surface area contributed by atoms with Gasteiger partial charge in [0, 0.05) is 17.7 Å². The molecule has 0 aromatic heterocycles. The number of ether oxygens (including phenoxy) is 1. The van der Waals surface area contributed by atoms with E-state index in [1.165, 1.54) is 18.2 Å². The van der Waals surface area contributed by atoms with Gasteiger partial charge in [0.2, 0.25) is 0 Å². The maximum Gasteiger partial charge on any atom is 0.276 e. The standard InChI is InChI=1S/C16H14ClN3O5/c1-10-5-6-13(17)14(7-10)25-9-15(21)18-19-16(22)11-3-2-4-12(8-11)20(23)24/h2-8H,9H2,1H3,(H,18,21)(H,19,22). The minimum atomic E-state index is -0.689. The van der Waals surface area contributed by atoms with Gasteiger partial charge in [0.15, 0.2) is 6.61 Å². The van der Waals surface area contributed by atoms with Crippen LogP contribution in [0.5, 0.6) is 5.75 Å². The summed E-state index contributed by atoms with van der Waals surface area (Å²) < 4.78 is 5.28. The van der Waals surface area contributed by atoms with Crippen molar-refractivity contribution in [3.8, 4) is 5.75 Å². The van der Waals surface area contributed by atoms with Crippen LogP contribution in [0.25, 0.3) is 0 Å². The fourth-order valence-electron chi connectivity index (χ4n) is 1.86. The number of hydrazine groups is 1. The number of halogens is 1. The lowest BCUT2D eigenvalue weighted by Crippen LogP contribution is -2.43. The molecule has 2 aromatic rings. The number of hydrogen-bond donors (Lipinski definition) is 2. The molecule has 2 N–H and O–H groups in total. The zero-order chi connectivity index (χ0) is 18.4. The van der Waals surface area contributed by atoms with E-state index in [9.17, 15) is 19.7 Å². The molecule has 130 valence electrons. The monoisotopic (exact) mass is 363 g/mol. The van der Waals surface area contributed by atoms with Crippen LogP contribution in [0.3, 0.4) is 0 Å². The third-order valence-corrected chi connectivity index (χ3v) is 3.39. The molecule has 0 aliphatic carbocycles. The second-order valence-electron chi connectivity index (χ2n) is 5.03. The van der Waals surface area contributed by atoms with Crippen molar-refractivity contribution in [1.82, 2.24) is 10.9 Å². The summed E-state index contributed by atoms with van der Waals surface area (Å²) in [5, 5.41) is 11.1. The molecule has 8 nitrogen and oxygen atoms in total. The molecule has 0 radical (unpaired) electrons. The SMILES string of the molecule is Cc1ccc(Cl)c(OCC(=O)NNC(=O)c2cccc([N+](=O)[O-])c2)c1. The fraction of sp³-hybridized carbons (Fsp3) is 0.125. The highest BCUT2D eigenvalue weighted by molar-refractivity contribution is 6.32. The van der Waals surface area contributed by atoms with E-state index < -0.39 is 16.7 Å². The van der Waals surface area contributed by atoms with Gasteiger partial charge in [-0.2, -0.15) is 0 Å². The molecular formula is C16H14ClN3O5. The number of nitrogens with zero attached hydrogens (tertiary/aromatic N) is 1. The molecule has 0 aliphatic rings. The molecule has 0 spiro atoms. The Balaban J connectivity index is 1.87. The Bertz CT molecular complexity index is 825. The number of carbonyl (C=O) groups is 2. The van der Waals surface area contributed by atoms with Crippen molar-refractivity contribution in [2.24, 2.45) is 0 Å². The number of carbonyl (C=O) groups excluding carboxylic acids is 2. The fourth-order valence-corrected chi connectivity index (χ4v) is 2.03. The zero-order valence-corrected chi connectivity index (χ0v) is 13.9. The largest absolute Gasteiger partial charge is 0.482 e. The van der Waals surface area contributed by atoms with Gasteiger partial charge in [-0.1, -0.05) is 23.7 Å². The molecule has 0 saturated heterocycles. The van der Waals surface area contributed by atoms with E-state index in [1.807, 2.05) is 6.92 Å². The number of nitrogens with one attached hydrogen (secondary N) is 2. The zero-order valence-electron chi connectivity index (χ0n) is 13.1. The van der Waals surface area contributed by atoms with E-state index in [0.717, 1.165) is 11.6 Å². The van der Waals surface area contributed by atoms with Crippen molar-refractivity contribution >= 4 is 29.1 Å². The van der Waals surface area contributed by atoms with Crippen molar-refractivity contribution in [3.63, 3.8) is 0 Å². The van der Waals surface area contributed by atoms with Crippen LogP contribution in [0.4, 0.5) is 5.69 Å². The number of rotatable bonds is 5. The minimum Gasteiger partial charge on any atom is -0.482 e. The van der Waals surface area contributed by atoms with E-state index in [2.05, 4.69) is 10.9 Å². The van der Waals surface area contributed by atoms with Gasteiger partial charge >= 0.3 is 0 Å². The highest BCUT2D eigenvalue weighted by Crippen LogP contribution is 2.24. The molecule has 2 rings (SSSR count). The Morgan fingerprint density at radius 3 is 2.68 bits per heavy atom. The number of aryl methyl sites for hydroxylation is 1.